The standard InChI is InChI=1S/C17H20N2O3/c1-18-16(21)11-14(20)9-5-6-10-15-12-19-17(22-15)13-7-3-2-4-8-13/h2-4,7-8,12H,5-6,9-11H2,1H3,(H,18,21). The first kappa shape index (κ1) is 15.9. The zero-order valence-corrected chi connectivity index (χ0v) is 12.7. The highest BCUT2D eigenvalue weighted by Crippen LogP contribution is 2.19. The summed E-state index contributed by atoms with van der Waals surface area (Å²) in [6, 6.07) is 9.73. The van der Waals surface area contributed by atoms with Gasteiger partial charge in [0.2, 0.25) is 11.8 Å². The molecule has 0 spiro atoms. The number of carbonyl (C=O) groups excluding carboxylic acids is 2. The van der Waals surface area contributed by atoms with Gasteiger partial charge >= 0.3 is 0 Å². The van der Waals surface area contributed by atoms with Crippen LogP contribution in [0.25, 0.3) is 11.5 Å². The summed E-state index contributed by atoms with van der Waals surface area (Å²) in [7, 11) is 1.53. The van der Waals surface area contributed by atoms with Crippen molar-refractivity contribution < 1.29 is 14.0 Å². The summed E-state index contributed by atoms with van der Waals surface area (Å²) in [5, 5.41) is 2.45. The van der Waals surface area contributed by atoms with Crippen molar-refractivity contribution in [3.05, 3.63) is 42.3 Å². The van der Waals surface area contributed by atoms with Crippen LogP contribution < -0.4 is 5.32 Å². The average Bonchev–Trinajstić information content (AvgIpc) is 3.01. The molecule has 1 aromatic heterocycles. The predicted octanol–water partition coefficient (Wildman–Crippen LogP) is 2.76. The minimum absolute atomic E-state index is 0.0260. The van der Waals surface area contributed by atoms with Crippen LogP contribution >= 0.6 is 0 Å². The van der Waals surface area contributed by atoms with Crippen LogP contribution in [0.5, 0.6) is 0 Å². The first-order valence-corrected chi connectivity index (χ1v) is 7.41. The fourth-order valence-electron chi connectivity index (χ4n) is 2.11. The van der Waals surface area contributed by atoms with Crippen molar-refractivity contribution in [3.8, 4) is 11.5 Å². The second-order valence-corrected chi connectivity index (χ2v) is 5.09. The maximum Gasteiger partial charge on any atom is 0.227 e. The SMILES string of the molecule is CNC(=O)CC(=O)CCCCc1cnc(-c2ccccc2)o1. The summed E-state index contributed by atoms with van der Waals surface area (Å²) in [4.78, 5) is 26.8. The quantitative estimate of drug-likeness (QED) is 0.601. The van der Waals surface area contributed by atoms with E-state index in [1.807, 2.05) is 30.3 Å². The molecule has 0 saturated heterocycles. The van der Waals surface area contributed by atoms with Gasteiger partial charge in [0.05, 0.1) is 12.6 Å². The lowest BCUT2D eigenvalue weighted by Gasteiger charge is -2.00. The number of nitrogens with one attached hydrogen (secondary N) is 1. The molecule has 1 aromatic carbocycles. The van der Waals surface area contributed by atoms with Crippen LogP contribution in [0.1, 0.15) is 31.4 Å². The topological polar surface area (TPSA) is 72.2 Å². The van der Waals surface area contributed by atoms with Crippen molar-refractivity contribution in [2.75, 3.05) is 7.05 Å². The Balaban J connectivity index is 1.73. The first-order valence-electron chi connectivity index (χ1n) is 7.41. The fraction of sp³-hybridized carbons (Fsp3) is 0.353. The van der Waals surface area contributed by atoms with Crippen LogP contribution in [-0.4, -0.2) is 23.7 Å². The number of unbranched alkanes of at least 4 members (excludes halogenated alkanes) is 1. The van der Waals surface area contributed by atoms with Crippen molar-refractivity contribution in [1.29, 1.82) is 0 Å². The molecule has 5 heteroatoms. The number of benzene rings is 1. The normalized spacial score (nSPS) is 10.4. The molecule has 0 fully saturated rings. The fourth-order valence-corrected chi connectivity index (χ4v) is 2.11. The average molecular weight is 300 g/mol. The third-order valence-electron chi connectivity index (χ3n) is 3.34. The Hall–Kier alpha value is -2.43. The second-order valence-electron chi connectivity index (χ2n) is 5.09. The highest BCUT2D eigenvalue weighted by atomic mass is 16.4. The van der Waals surface area contributed by atoms with E-state index < -0.39 is 0 Å². The molecule has 1 amide bonds. The number of aryl methyl sites for hydroxylation is 1. The van der Waals surface area contributed by atoms with Gasteiger partial charge < -0.3 is 9.73 Å². The lowest BCUT2D eigenvalue weighted by Crippen LogP contribution is -2.21. The highest BCUT2D eigenvalue weighted by molar-refractivity contribution is 5.97. The monoisotopic (exact) mass is 300 g/mol. The van der Waals surface area contributed by atoms with Gasteiger partial charge in [-0.25, -0.2) is 4.98 Å². The van der Waals surface area contributed by atoms with Crippen LogP contribution in [0.3, 0.4) is 0 Å². The second kappa shape index (κ2) is 8.12. The minimum Gasteiger partial charge on any atom is -0.441 e. The molecule has 5 nitrogen and oxygen atoms in total. The molecule has 0 aliphatic carbocycles. The van der Waals surface area contributed by atoms with Gasteiger partial charge in [0.15, 0.2) is 0 Å². The molecule has 116 valence electrons. The van der Waals surface area contributed by atoms with E-state index in [4.69, 9.17) is 4.42 Å². The Morgan fingerprint density at radius 1 is 1.18 bits per heavy atom. The van der Waals surface area contributed by atoms with E-state index in [2.05, 4.69) is 10.3 Å². The smallest absolute Gasteiger partial charge is 0.227 e. The molecule has 1 N–H and O–H groups in total. The molecular formula is C17H20N2O3. The number of hydrogen-bond donors (Lipinski definition) is 1. The van der Waals surface area contributed by atoms with Crippen LogP contribution in [0.15, 0.2) is 40.9 Å². The van der Waals surface area contributed by atoms with Crippen LogP contribution in [-0.2, 0) is 16.0 Å². The van der Waals surface area contributed by atoms with Gasteiger partial charge in [-0.15, -0.1) is 0 Å². The van der Waals surface area contributed by atoms with Crippen molar-refractivity contribution in [2.24, 2.45) is 0 Å². The summed E-state index contributed by atoms with van der Waals surface area (Å²) in [6.07, 6.45) is 4.45. The Morgan fingerprint density at radius 2 is 1.95 bits per heavy atom. The summed E-state index contributed by atoms with van der Waals surface area (Å²) in [6.45, 7) is 0. The van der Waals surface area contributed by atoms with Crippen LogP contribution in [0.2, 0.25) is 0 Å². The van der Waals surface area contributed by atoms with E-state index in [-0.39, 0.29) is 18.1 Å². The van der Waals surface area contributed by atoms with Gasteiger partial charge in [-0.3, -0.25) is 9.59 Å². The molecule has 0 atom stereocenters. The number of aromatic nitrogens is 1. The molecule has 1 heterocycles. The number of rotatable bonds is 8. The summed E-state index contributed by atoms with van der Waals surface area (Å²) < 4.78 is 5.70. The molecule has 0 bridgehead atoms. The van der Waals surface area contributed by atoms with Gasteiger partial charge in [0.25, 0.3) is 0 Å². The molecule has 2 aromatic rings. The molecular weight excluding hydrogens is 280 g/mol. The molecule has 0 aliphatic rings. The maximum absolute atomic E-state index is 11.5. The Morgan fingerprint density at radius 3 is 2.68 bits per heavy atom. The Kier molecular flexibility index (Phi) is 5.89. The van der Waals surface area contributed by atoms with Crippen LogP contribution in [0, 0.1) is 0 Å². The third-order valence-corrected chi connectivity index (χ3v) is 3.34. The molecule has 2 rings (SSSR count). The molecule has 0 aliphatic heterocycles. The van der Waals surface area contributed by atoms with Gasteiger partial charge in [-0.2, -0.15) is 0 Å². The van der Waals surface area contributed by atoms with E-state index in [1.165, 1.54) is 7.05 Å². The zero-order chi connectivity index (χ0) is 15.8. The number of hydrogen-bond acceptors (Lipinski definition) is 4. The van der Waals surface area contributed by atoms with Gasteiger partial charge in [-0.1, -0.05) is 18.2 Å². The van der Waals surface area contributed by atoms with Crippen LogP contribution in [0.4, 0.5) is 0 Å². The number of carbonyl (C=O) groups is 2. The van der Waals surface area contributed by atoms with Gasteiger partial charge in [0, 0.05) is 25.5 Å². The highest BCUT2D eigenvalue weighted by Gasteiger charge is 2.09. The van der Waals surface area contributed by atoms with Crippen molar-refractivity contribution in [3.63, 3.8) is 0 Å². The Labute approximate surface area is 129 Å². The lowest BCUT2D eigenvalue weighted by molar-refractivity contribution is -0.127. The van der Waals surface area contributed by atoms with Crippen molar-refractivity contribution in [2.45, 2.75) is 32.1 Å². The summed E-state index contributed by atoms with van der Waals surface area (Å²) in [5.41, 5.74) is 0.953. The van der Waals surface area contributed by atoms with E-state index in [9.17, 15) is 9.59 Å². The number of amides is 1. The molecule has 0 unspecified atom stereocenters. The number of ketones is 1. The van der Waals surface area contributed by atoms with Gasteiger partial charge in [0.1, 0.15) is 11.5 Å². The Bertz CT molecular complexity index is 620. The third kappa shape index (κ3) is 4.84. The summed E-state index contributed by atoms with van der Waals surface area (Å²) >= 11 is 0. The van der Waals surface area contributed by atoms with E-state index in [1.54, 1.807) is 6.20 Å². The predicted molar refractivity (Wildman–Crippen MR) is 83.2 cm³/mol. The zero-order valence-electron chi connectivity index (χ0n) is 12.7. The lowest BCUT2D eigenvalue weighted by atomic mass is 10.1. The maximum atomic E-state index is 11.5. The van der Waals surface area contributed by atoms with E-state index in [0.717, 1.165) is 30.6 Å². The van der Waals surface area contributed by atoms with Crippen molar-refractivity contribution >= 4 is 11.7 Å². The number of nitrogens with zero attached hydrogens (tertiary/aromatic N) is 1. The first-order chi connectivity index (χ1) is 10.7. The minimum atomic E-state index is -0.229. The number of Topliss-reactive ketones (excluding diaryl/α,β-unsaturated/α-hetero) is 1. The van der Waals surface area contributed by atoms with Gasteiger partial charge in [-0.05, 0) is 25.0 Å². The molecule has 0 radical (unpaired) electrons. The van der Waals surface area contributed by atoms with E-state index >= 15 is 0 Å². The van der Waals surface area contributed by atoms with E-state index in [0.29, 0.717) is 12.3 Å². The number of oxazole rings is 1. The molecule has 0 saturated carbocycles. The summed E-state index contributed by atoms with van der Waals surface area (Å²) in [5.74, 6) is 1.18. The largest absolute Gasteiger partial charge is 0.441 e. The van der Waals surface area contributed by atoms with Crippen molar-refractivity contribution in [1.82, 2.24) is 10.3 Å². The molecule has 22 heavy (non-hydrogen) atoms.